The van der Waals surface area contributed by atoms with Crippen LogP contribution in [0.4, 0.5) is 10.5 Å². The Morgan fingerprint density at radius 1 is 1.60 bits per heavy atom. The lowest BCUT2D eigenvalue weighted by Gasteiger charge is -2.17. The number of nitrogens with zero attached hydrogens (tertiary/aromatic N) is 2. The smallest absolute Gasteiger partial charge is 0.415 e. The average Bonchev–Trinajstić information content (AvgIpc) is 2.66. The van der Waals surface area contributed by atoms with Crippen LogP contribution >= 0.6 is 11.8 Å². The van der Waals surface area contributed by atoms with E-state index in [1.54, 1.807) is 6.07 Å². The van der Waals surface area contributed by atoms with Gasteiger partial charge in [-0.2, -0.15) is 5.26 Å². The molecule has 0 radical (unpaired) electrons. The molecule has 0 bridgehead atoms. The number of methoxy groups -OCH3 is 1. The van der Waals surface area contributed by atoms with E-state index in [4.69, 9.17) is 5.26 Å². The second kappa shape index (κ2) is 3.83. The highest BCUT2D eigenvalue weighted by molar-refractivity contribution is 8.00. The summed E-state index contributed by atoms with van der Waals surface area (Å²) in [5.41, 5.74) is 0.737. The third-order valence-corrected chi connectivity index (χ3v) is 3.22. The zero-order valence-corrected chi connectivity index (χ0v) is 8.82. The number of amides is 1. The van der Waals surface area contributed by atoms with Crippen LogP contribution in [0.5, 0.6) is 0 Å². The van der Waals surface area contributed by atoms with Crippen LogP contribution in [0.25, 0.3) is 0 Å². The van der Waals surface area contributed by atoms with E-state index in [9.17, 15) is 4.79 Å². The van der Waals surface area contributed by atoms with E-state index in [0.717, 1.165) is 10.6 Å². The maximum Gasteiger partial charge on any atom is 0.415 e. The van der Waals surface area contributed by atoms with E-state index in [1.165, 1.54) is 23.8 Å². The molecule has 1 amide bonds. The zero-order chi connectivity index (χ0) is 10.8. The number of rotatable bonds is 0. The molecule has 1 aliphatic rings. The van der Waals surface area contributed by atoms with Crippen LogP contribution in [0.2, 0.25) is 0 Å². The zero-order valence-electron chi connectivity index (χ0n) is 8.01. The van der Waals surface area contributed by atoms with Gasteiger partial charge in [-0.05, 0) is 12.1 Å². The molecule has 1 aliphatic heterocycles. The molecule has 0 spiro atoms. The maximum atomic E-state index is 11.5. The SMILES string of the molecule is COC(=O)N1c2ccccc2SC1C#N. The first-order valence-electron chi connectivity index (χ1n) is 4.30. The number of anilines is 1. The van der Waals surface area contributed by atoms with E-state index in [0.29, 0.717) is 0 Å². The fourth-order valence-corrected chi connectivity index (χ4v) is 2.47. The Morgan fingerprint density at radius 3 is 3.00 bits per heavy atom. The topological polar surface area (TPSA) is 53.3 Å². The minimum absolute atomic E-state index is 0.501. The van der Waals surface area contributed by atoms with Crippen LogP contribution in [0.15, 0.2) is 29.2 Å². The maximum absolute atomic E-state index is 11.5. The van der Waals surface area contributed by atoms with Crippen LogP contribution in [0, 0.1) is 11.3 Å². The van der Waals surface area contributed by atoms with Crippen molar-refractivity contribution in [1.82, 2.24) is 0 Å². The van der Waals surface area contributed by atoms with Crippen LogP contribution in [-0.2, 0) is 4.74 Å². The molecule has 2 rings (SSSR count). The Balaban J connectivity index is 2.43. The van der Waals surface area contributed by atoms with Gasteiger partial charge in [0.15, 0.2) is 5.37 Å². The second-order valence-electron chi connectivity index (χ2n) is 2.91. The summed E-state index contributed by atoms with van der Waals surface area (Å²) in [4.78, 5) is 13.8. The van der Waals surface area contributed by atoms with E-state index in [-0.39, 0.29) is 0 Å². The lowest BCUT2D eigenvalue weighted by molar-refractivity contribution is 0.179. The summed E-state index contributed by atoms with van der Waals surface area (Å²) < 4.78 is 4.65. The van der Waals surface area contributed by atoms with Gasteiger partial charge in [-0.15, -0.1) is 0 Å². The Hall–Kier alpha value is -1.67. The number of carbonyl (C=O) groups excluding carboxylic acids is 1. The molecule has 5 heteroatoms. The molecule has 0 saturated carbocycles. The predicted molar refractivity (Wildman–Crippen MR) is 56.6 cm³/mol. The molecular formula is C10H8N2O2S. The van der Waals surface area contributed by atoms with Crippen molar-refractivity contribution < 1.29 is 9.53 Å². The molecular weight excluding hydrogens is 212 g/mol. The minimum atomic E-state index is -0.533. The van der Waals surface area contributed by atoms with E-state index in [1.807, 2.05) is 18.2 Å². The van der Waals surface area contributed by atoms with Gasteiger partial charge in [0.1, 0.15) is 0 Å². The summed E-state index contributed by atoms with van der Waals surface area (Å²) in [6.45, 7) is 0. The van der Waals surface area contributed by atoms with Gasteiger partial charge in [0.05, 0.1) is 18.9 Å². The number of hydrogen-bond acceptors (Lipinski definition) is 4. The van der Waals surface area contributed by atoms with Gasteiger partial charge < -0.3 is 4.74 Å². The van der Waals surface area contributed by atoms with Crippen molar-refractivity contribution in [3.05, 3.63) is 24.3 Å². The van der Waals surface area contributed by atoms with Crippen molar-refractivity contribution in [3.63, 3.8) is 0 Å². The molecule has 1 aromatic carbocycles. The van der Waals surface area contributed by atoms with Gasteiger partial charge in [-0.3, -0.25) is 4.90 Å². The number of thioether (sulfide) groups is 1. The average molecular weight is 220 g/mol. The van der Waals surface area contributed by atoms with Crippen molar-refractivity contribution >= 4 is 23.5 Å². The van der Waals surface area contributed by atoms with Gasteiger partial charge in [0.25, 0.3) is 0 Å². The molecule has 1 unspecified atom stereocenters. The highest BCUT2D eigenvalue weighted by Gasteiger charge is 2.35. The Labute approximate surface area is 91.4 Å². The quantitative estimate of drug-likeness (QED) is 0.672. The first-order valence-corrected chi connectivity index (χ1v) is 5.18. The van der Waals surface area contributed by atoms with E-state index < -0.39 is 11.5 Å². The Kier molecular flexibility index (Phi) is 2.52. The fourth-order valence-electron chi connectivity index (χ4n) is 1.43. The lowest BCUT2D eigenvalue weighted by atomic mass is 10.3. The number of hydrogen-bond donors (Lipinski definition) is 0. The third kappa shape index (κ3) is 1.53. The summed E-state index contributed by atoms with van der Waals surface area (Å²) in [5.74, 6) is 0. The molecule has 0 N–H and O–H groups in total. The molecule has 0 aromatic heterocycles. The number of carbonyl (C=O) groups is 1. The van der Waals surface area contributed by atoms with Crippen LogP contribution in [-0.4, -0.2) is 18.6 Å². The second-order valence-corrected chi connectivity index (χ2v) is 4.03. The summed E-state index contributed by atoms with van der Waals surface area (Å²) in [6.07, 6.45) is -0.501. The summed E-state index contributed by atoms with van der Waals surface area (Å²) in [7, 11) is 1.31. The lowest BCUT2D eigenvalue weighted by Crippen LogP contribution is -2.34. The third-order valence-electron chi connectivity index (χ3n) is 2.08. The van der Waals surface area contributed by atoms with Crippen molar-refractivity contribution in [2.24, 2.45) is 0 Å². The molecule has 0 aliphatic carbocycles. The molecule has 1 aromatic rings. The normalized spacial score (nSPS) is 18.1. The molecule has 0 saturated heterocycles. The Bertz CT molecular complexity index is 441. The van der Waals surface area contributed by atoms with Gasteiger partial charge in [0.2, 0.25) is 0 Å². The molecule has 0 fully saturated rings. The summed E-state index contributed by atoms with van der Waals surface area (Å²) in [5, 5.41) is 8.40. The largest absolute Gasteiger partial charge is 0.452 e. The van der Waals surface area contributed by atoms with Gasteiger partial charge in [-0.1, -0.05) is 23.9 Å². The van der Waals surface area contributed by atoms with Crippen LogP contribution in [0.3, 0.4) is 0 Å². The van der Waals surface area contributed by atoms with Crippen molar-refractivity contribution in [1.29, 1.82) is 5.26 Å². The first-order chi connectivity index (χ1) is 7.27. The molecule has 4 nitrogen and oxygen atoms in total. The highest BCUT2D eigenvalue weighted by atomic mass is 32.2. The minimum Gasteiger partial charge on any atom is -0.452 e. The highest BCUT2D eigenvalue weighted by Crippen LogP contribution is 2.42. The van der Waals surface area contributed by atoms with Crippen molar-refractivity contribution in [2.75, 3.05) is 12.0 Å². The molecule has 1 heterocycles. The van der Waals surface area contributed by atoms with Crippen molar-refractivity contribution in [3.8, 4) is 6.07 Å². The number of nitriles is 1. The predicted octanol–water partition coefficient (Wildman–Crippen LogP) is 2.21. The fraction of sp³-hybridized carbons (Fsp3) is 0.200. The van der Waals surface area contributed by atoms with Crippen LogP contribution in [0.1, 0.15) is 0 Å². The molecule has 76 valence electrons. The van der Waals surface area contributed by atoms with E-state index in [2.05, 4.69) is 10.8 Å². The molecule has 15 heavy (non-hydrogen) atoms. The van der Waals surface area contributed by atoms with Gasteiger partial charge >= 0.3 is 6.09 Å². The van der Waals surface area contributed by atoms with E-state index >= 15 is 0 Å². The molecule has 1 atom stereocenters. The number of para-hydroxylation sites is 1. The number of fused-ring (bicyclic) bond motifs is 1. The number of ether oxygens (including phenoxy) is 1. The van der Waals surface area contributed by atoms with Crippen LogP contribution < -0.4 is 4.90 Å². The standard InChI is InChI=1S/C10H8N2O2S/c1-14-10(13)12-7-4-2-3-5-8(7)15-9(12)6-11/h2-5,9H,1H3. The van der Waals surface area contributed by atoms with Gasteiger partial charge in [0, 0.05) is 4.90 Å². The summed E-state index contributed by atoms with van der Waals surface area (Å²) in [6, 6.07) is 9.45. The summed E-state index contributed by atoms with van der Waals surface area (Å²) >= 11 is 1.35. The first kappa shape index (κ1) is 9.87. The Morgan fingerprint density at radius 2 is 2.33 bits per heavy atom. The van der Waals surface area contributed by atoms with Gasteiger partial charge in [-0.25, -0.2) is 4.79 Å². The van der Waals surface area contributed by atoms with Crippen molar-refractivity contribution in [2.45, 2.75) is 10.3 Å². The number of benzene rings is 1. The monoisotopic (exact) mass is 220 g/mol.